The Labute approximate surface area is 198 Å². The first kappa shape index (κ1) is 24.6. The molecule has 0 spiro atoms. The number of hydrogen-bond donors (Lipinski definition) is 2. The lowest BCUT2D eigenvalue weighted by Crippen LogP contribution is -2.55. The van der Waals surface area contributed by atoms with Crippen LogP contribution in [0.5, 0.6) is 0 Å². The van der Waals surface area contributed by atoms with Gasteiger partial charge in [0, 0.05) is 49.3 Å². The Hall–Kier alpha value is -1.04. The number of hydrogen-bond acceptors (Lipinski definition) is 5. The molecule has 9 heteroatoms. The summed E-state index contributed by atoms with van der Waals surface area (Å²) in [4.78, 5) is 14.1. The molecule has 0 aromatic heterocycles. The number of piperazine rings is 1. The summed E-state index contributed by atoms with van der Waals surface area (Å²) in [5.74, 6) is -0.926. The molecule has 1 heterocycles. The molecule has 2 aromatic rings. The molecule has 0 amide bonds. The highest BCUT2D eigenvalue weighted by atomic mass is 127. The van der Waals surface area contributed by atoms with Crippen molar-refractivity contribution in [2.75, 3.05) is 13.1 Å². The minimum Gasteiger partial charge on any atom is -0.481 e. The highest BCUT2D eigenvalue weighted by Gasteiger charge is 2.42. The molecule has 1 fully saturated rings. The molecule has 0 aliphatic carbocycles. The molecule has 0 saturated carbocycles. The molecule has 1 aliphatic heterocycles. The molecular formula is C22H28ClIN2O4S. The van der Waals surface area contributed by atoms with Crippen LogP contribution >= 0.6 is 39.1 Å². The van der Waals surface area contributed by atoms with Crippen LogP contribution in [0.15, 0.2) is 47.4 Å². The zero-order chi connectivity index (χ0) is 22.8. The van der Waals surface area contributed by atoms with Gasteiger partial charge in [-0.2, -0.15) is 0 Å². The second kappa shape index (κ2) is 10.3. The average molecular weight is 579 g/mol. The fourth-order valence-corrected chi connectivity index (χ4v) is 10.8. The van der Waals surface area contributed by atoms with Crippen LogP contribution in [0.1, 0.15) is 30.5 Å². The molecule has 3 atom stereocenters. The van der Waals surface area contributed by atoms with Gasteiger partial charge in [0.1, 0.15) is 0 Å². The molecule has 0 radical (unpaired) electrons. The molecule has 0 bridgehead atoms. The van der Waals surface area contributed by atoms with Crippen molar-refractivity contribution in [2.24, 2.45) is 0 Å². The zero-order valence-corrected chi connectivity index (χ0v) is 21.5. The maximum absolute atomic E-state index is 12.5. The lowest BCUT2D eigenvalue weighted by Gasteiger charge is -2.51. The Morgan fingerprint density at radius 2 is 1.74 bits per heavy atom. The number of nitrogens with zero attached hydrogens (tertiary/aromatic N) is 2. The van der Waals surface area contributed by atoms with Crippen molar-refractivity contribution in [3.05, 3.63) is 64.2 Å². The summed E-state index contributed by atoms with van der Waals surface area (Å²) in [7, 11) is -2.69. The molecule has 170 valence electrons. The van der Waals surface area contributed by atoms with Gasteiger partial charge >= 0.3 is 5.97 Å². The Balaban J connectivity index is 1.84. The van der Waals surface area contributed by atoms with E-state index in [1.807, 2.05) is 41.6 Å². The molecule has 2 aromatic carbocycles. The highest BCUT2D eigenvalue weighted by Crippen LogP contribution is 2.67. The summed E-state index contributed by atoms with van der Waals surface area (Å²) in [5, 5.41) is 9.88. The standard InChI is InChI=1S/C22H28ClIN2O4S/c1-15-8-19(11-22(27)28)10-21(9-15)31(30,24-29)26-16(2)12-25(13-17(26)3)14-18-4-6-20(23)7-5-18/h4-10,16-17,30H,11-14H2,1-3H3,(H,27,28)/t16-,17+. The van der Waals surface area contributed by atoms with Crippen LogP contribution in [-0.4, -0.2) is 50.0 Å². The average Bonchev–Trinajstić information content (AvgIpc) is 2.68. The number of carboxylic acids is 1. The third kappa shape index (κ3) is 5.85. The van der Waals surface area contributed by atoms with E-state index in [9.17, 15) is 17.5 Å². The van der Waals surface area contributed by atoms with Gasteiger partial charge in [-0.1, -0.05) is 29.8 Å². The maximum Gasteiger partial charge on any atom is 0.307 e. The van der Waals surface area contributed by atoms with Crippen LogP contribution < -0.4 is 0 Å². The molecule has 1 unspecified atom stereocenters. The van der Waals surface area contributed by atoms with Gasteiger partial charge in [0.25, 0.3) is 0 Å². The van der Waals surface area contributed by atoms with E-state index in [-0.39, 0.29) is 18.5 Å². The second-order valence-electron chi connectivity index (χ2n) is 8.15. The number of carboxylic acid groups (broad SMARTS) is 1. The molecule has 6 nitrogen and oxygen atoms in total. The lowest BCUT2D eigenvalue weighted by molar-refractivity contribution is -0.136. The SMILES string of the molecule is Cc1cc(CC(=O)O)cc(S(O)(I=O)N2[C@H](C)CN(Cc3ccc(Cl)cc3)C[C@@H]2C)c1. The van der Waals surface area contributed by atoms with Crippen LogP contribution in [-0.2, 0) is 20.8 Å². The number of rotatable bonds is 7. The van der Waals surface area contributed by atoms with Crippen molar-refractivity contribution >= 4 is 45.0 Å². The Kier molecular flexibility index (Phi) is 8.15. The third-order valence-electron chi connectivity index (χ3n) is 5.37. The smallest absolute Gasteiger partial charge is 0.307 e. The van der Waals surface area contributed by atoms with E-state index in [0.717, 1.165) is 25.2 Å². The Morgan fingerprint density at radius 1 is 1.13 bits per heavy atom. The second-order valence-corrected chi connectivity index (χ2v) is 15.3. The predicted octanol–water partition coefficient (Wildman–Crippen LogP) is 5.65. The fourth-order valence-electron chi connectivity index (χ4n) is 4.31. The largest absolute Gasteiger partial charge is 0.481 e. The number of carbonyl (C=O) groups is 1. The molecule has 1 aliphatic rings. The topological polar surface area (TPSA) is 81.1 Å². The van der Waals surface area contributed by atoms with E-state index in [1.54, 1.807) is 12.1 Å². The van der Waals surface area contributed by atoms with Gasteiger partial charge in [0.2, 0.25) is 19.8 Å². The first-order valence-corrected chi connectivity index (χ1v) is 15.4. The van der Waals surface area contributed by atoms with Gasteiger partial charge in [-0.3, -0.25) is 12.8 Å². The van der Waals surface area contributed by atoms with E-state index >= 15 is 0 Å². The van der Waals surface area contributed by atoms with Gasteiger partial charge in [0.15, 0.2) is 0 Å². The molecule has 3 rings (SSSR count). The van der Waals surface area contributed by atoms with Crippen LogP contribution in [0.3, 0.4) is 0 Å². The normalized spacial score (nSPS) is 23.3. The van der Waals surface area contributed by atoms with E-state index in [1.165, 1.54) is 5.56 Å². The minimum atomic E-state index is -2.69. The number of halogens is 2. The first-order valence-electron chi connectivity index (χ1n) is 10.0. The van der Waals surface area contributed by atoms with Crippen LogP contribution in [0.2, 0.25) is 5.02 Å². The van der Waals surface area contributed by atoms with Crippen molar-refractivity contribution in [3.63, 3.8) is 0 Å². The summed E-state index contributed by atoms with van der Waals surface area (Å²) in [6, 6.07) is 13.2. The summed E-state index contributed by atoms with van der Waals surface area (Å²) >= 11 is 4.21. The van der Waals surface area contributed by atoms with Crippen molar-refractivity contribution in [1.82, 2.24) is 9.21 Å². The van der Waals surface area contributed by atoms with E-state index in [2.05, 4.69) is 18.7 Å². The highest BCUT2D eigenvalue weighted by molar-refractivity contribution is 14.2. The summed E-state index contributed by atoms with van der Waals surface area (Å²) in [6.45, 7) is 8.23. The molecule has 31 heavy (non-hydrogen) atoms. The van der Waals surface area contributed by atoms with E-state index in [0.29, 0.717) is 15.5 Å². The van der Waals surface area contributed by atoms with Crippen LogP contribution in [0.4, 0.5) is 0 Å². The minimum absolute atomic E-state index is 0.00636. The first-order chi connectivity index (χ1) is 14.6. The van der Waals surface area contributed by atoms with Gasteiger partial charge in [0.05, 0.1) is 6.42 Å². The fraction of sp³-hybridized carbons (Fsp3) is 0.409. The predicted molar refractivity (Wildman–Crippen MR) is 133 cm³/mol. The van der Waals surface area contributed by atoms with Crippen molar-refractivity contribution in [3.8, 4) is 0 Å². The number of aliphatic carboxylic acids is 1. The van der Waals surface area contributed by atoms with Gasteiger partial charge in [-0.15, -0.1) is 0 Å². The van der Waals surface area contributed by atoms with Gasteiger partial charge in [-0.25, -0.2) is 4.31 Å². The quantitative estimate of drug-likeness (QED) is 0.413. The van der Waals surface area contributed by atoms with Crippen molar-refractivity contribution < 1.29 is 17.5 Å². The van der Waals surface area contributed by atoms with E-state index < -0.39 is 33.4 Å². The van der Waals surface area contributed by atoms with Gasteiger partial charge < -0.3 is 9.66 Å². The Morgan fingerprint density at radius 3 is 2.29 bits per heavy atom. The molecule has 1 saturated heterocycles. The third-order valence-corrected chi connectivity index (χ3v) is 12.3. The van der Waals surface area contributed by atoms with Crippen LogP contribution in [0, 0.1) is 6.92 Å². The number of benzene rings is 2. The number of aryl methyl sites for hydroxylation is 1. The summed E-state index contributed by atoms with van der Waals surface area (Å²) < 4.78 is 26.2. The maximum atomic E-state index is 12.5. The molecular weight excluding hydrogens is 551 g/mol. The summed E-state index contributed by atoms with van der Waals surface area (Å²) in [6.07, 6.45) is -0.124. The Bertz CT molecular complexity index is 949. The summed E-state index contributed by atoms with van der Waals surface area (Å²) in [5.41, 5.74) is 2.65. The van der Waals surface area contributed by atoms with Crippen molar-refractivity contribution in [2.45, 2.75) is 50.7 Å². The van der Waals surface area contributed by atoms with Crippen LogP contribution in [0.25, 0.3) is 0 Å². The van der Waals surface area contributed by atoms with Gasteiger partial charge in [-0.05, 0) is 61.7 Å². The monoisotopic (exact) mass is 578 g/mol. The van der Waals surface area contributed by atoms with E-state index in [4.69, 9.17) is 11.6 Å². The lowest BCUT2D eigenvalue weighted by atomic mass is 10.1. The van der Waals surface area contributed by atoms with Crippen molar-refractivity contribution in [1.29, 1.82) is 0 Å². The zero-order valence-electron chi connectivity index (χ0n) is 17.8. The molecule has 2 N–H and O–H groups in total.